The third-order valence-electron chi connectivity index (χ3n) is 5.97. The second kappa shape index (κ2) is 7.50. The molecule has 0 unspecified atom stereocenters. The zero-order valence-electron chi connectivity index (χ0n) is 17.6. The van der Waals surface area contributed by atoms with Gasteiger partial charge >= 0.3 is 0 Å². The summed E-state index contributed by atoms with van der Waals surface area (Å²) in [6, 6.07) is 10.0. The first kappa shape index (κ1) is 19.2. The van der Waals surface area contributed by atoms with Gasteiger partial charge in [-0.2, -0.15) is 9.61 Å². The molecule has 5 rings (SSSR count). The van der Waals surface area contributed by atoms with E-state index in [9.17, 15) is 9.59 Å². The second-order valence-corrected chi connectivity index (χ2v) is 7.86. The first-order valence-electron chi connectivity index (χ1n) is 10.5. The molecule has 1 saturated heterocycles. The molecule has 0 radical (unpaired) electrons. The largest absolute Gasteiger partial charge is 0.343 e. The van der Waals surface area contributed by atoms with Crippen LogP contribution in [0.1, 0.15) is 31.0 Å². The Kier molecular flexibility index (Phi) is 4.66. The monoisotopic (exact) mass is 413 g/mol. The van der Waals surface area contributed by atoms with Gasteiger partial charge in [0.15, 0.2) is 0 Å². The summed E-state index contributed by atoms with van der Waals surface area (Å²) in [5.74, 6) is 0.181. The lowest BCUT2D eigenvalue weighted by atomic mass is 10.0. The van der Waals surface area contributed by atoms with Crippen LogP contribution in [0.2, 0.25) is 0 Å². The molecule has 3 aromatic heterocycles. The fourth-order valence-electron chi connectivity index (χ4n) is 4.29. The molecule has 156 valence electrons. The Hall–Kier alpha value is -3.74. The van der Waals surface area contributed by atoms with Crippen LogP contribution in [0.5, 0.6) is 0 Å². The molecule has 1 aromatic carbocycles. The summed E-state index contributed by atoms with van der Waals surface area (Å²) >= 11 is 0. The van der Waals surface area contributed by atoms with Crippen LogP contribution in [-0.4, -0.2) is 32.0 Å². The predicted molar refractivity (Wildman–Crippen MR) is 120 cm³/mol. The highest BCUT2D eigenvalue weighted by Gasteiger charge is 2.21. The number of pyridine rings is 1. The minimum Gasteiger partial charge on any atom is -0.343 e. The number of hydrogen-bond donors (Lipinski definition) is 1. The maximum Gasteiger partial charge on any atom is 0.277 e. The Morgan fingerprint density at radius 1 is 1.03 bits per heavy atom. The Labute approximate surface area is 179 Å². The maximum absolute atomic E-state index is 12.7. The molecule has 1 amide bonds. The molecule has 1 aliphatic rings. The summed E-state index contributed by atoms with van der Waals surface area (Å²) < 4.78 is 1.43. The van der Waals surface area contributed by atoms with Crippen molar-refractivity contribution in [3.8, 4) is 22.3 Å². The van der Waals surface area contributed by atoms with E-state index in [-0.39, 0.29) is 11.5 Å². The van der Waals surface area contributed by atoms with Crippen LogP contribution in [0.3, 0.4) is 0 Å². The van der Waals surface area contributed by atoms with Crippen molar-refractivity contribution in [2.45, 2.75) is 33.1 Å². The molecule has 4 aromatic rings. The van der Waals surface area contributed by atoms with Gasteiger partial charge in [-0.15, -0.1) is 0 Å². The number of nitrogens with one attached hydrogen (secondary N) is 1. The van der Waals surface area contributed by atoms with E-state index in [0.717, 1.165) is 52.2 Å². The number of H-pyrrole nitrogens is 1. The summed E-state index contributed by atoms with van der Waals surface area (Å²) in [6.07, 6.45) is 7.48. The molecule has 0 bridgehead atoms. The molecule has 0 spiro atoms. The third-order valence-corrected chi connectivity index (χ3v) is 5.97. The number of carbonyl (C=O) groups is 1. The average Bonchev–Trinajstić information content (AvgIpc) is 3.40. The van der Waals surface area contributed by atoms with Crippen molar-refractivity contribution >= 4 is 17.2 Å². The molecule has 1 N–H and O–H groups in total. The quantitative estimate of drug-likeness (QED) is 0.552. The molecule has 0 aliphatic carbocycles. The molecule has 0 atom stereocenters. The normalized spacial score (nSPS) is 14.0. The van der Waals surface area contributed by atoms with Crippen molar-refractivity contribution in [2.75, 3.05) is 11.4 Å². The SMILES string of the molecule is CCc1c(C)[nH]c2c(-c3cncc(-c4ccc(N5CCCC5=O)cc4)c3)cnn2c1=O. The Morgan fingerprint density at radius 3 is 2.52 bits per heavy atom. The number of aromatic amines is 1. The molecular formula is C24H23N5O2. The highest BCUT2D eigenvalue weighted by Crippen LogP contribution is 2.29. The van der Waals surface area contributed by atoms with Crippen LogP contribution >= 0.6 is 0 Å². The number of anilines is 1. The zero-order valence-corrected chi connectivity index (χ0v) is 17.6. The highest BCUT2D eigenvalue weighted by atomic mass is 16.2. The van der Waals surface area contributed by atoms with Gasteiger partial charge in [0.25, 0.3) is 5.56 Å². The van der Waals surface area contributed by atoms with Gasteiger partial charge in [0, 0.05) is 59.0 Å². The van der Waals surface area contributed by atoms with Crippen molar-refractivity contribution in [2.24, 2.45) is 0 Å². The fourth-order valence-corrected chi connectivity index (χ4v) is 4.29. The molecule has 0 saturated carbocycles. The number of rotatable bonds is 4. The van der Waals surface area contributed by atoms with Gasteiger partial charge in [-0.05, 0) is 43.5 Å². The number of amides is 1. The van der Waals surface area contributed by atoms with Gasteiger partial charge in [0.2, 0.25) is 5.91 Å². The topological polar surface area (TPSA) is 83.4 Å². The lowest BCUT2D eigenvalue weighted by Gasteiger charge is -2.16. The van der Waals surface area contributed by atoms with Gasteiger partial charge in [-0.3, -0.25) is 14.6 Å². The van der Waals surface area contributed by atoms with E-state index >= 15 is 0 Å². The van der Waals surface area contributed by atoms with Gasteiger partial charge < -0.3 is 9.88 Å². The van der Waals surface area contributed by atoms with Gasteiger partial charge in [0.05, 0.1) is 6.20 Å². The number of nitrogens with zero attached hydrogens (tertiary/aromatic N) is 4. The van der Waals surface area contributed by atoms with Crippen LogP contribution < -0.4 is 10.5 Å². The van der Waals surface area contributed by atoms with Crippen molar-refractivity contribution < 1.29 is 4.79 Å². The highest BCUT2D eigenvalue weighted by molar-refractivity contribution is 5.95. The van der Waals surface area contributed by atoms with Gasteiger partial charge in [-0.25, -0.2) is 0 Å². The Balaban J connectivity index is 1.53. The van der Waals surface area contributed by atoms with Gasteiger partial charge in [-0.1, -0.05) is 19.1 Å². The minimum atomic E-state index is -0.0869. The number of aromatic nitrogens is 4. The van der Waals surface area contributed by atoms with Crippen molar-refractivity contribution in [1.82, 2.24) is 19.6 Å². The molecule has 7 heteroatoms. The van der Waals surface area contributed by atoms with Crippen LogP contribution in [0, 0.1) is 6.92 Å². The summed E-state index contributed by atoms with van der Waals surface area (Å²) in [5.41, 5.74) is 6.79. The first-order chi connectivity index (χ1) is 15.1. The van der Waals surface area contributed by atoms with Crippen LogP contribution in [0.4, 0.5) is 5.69 Å². The van der Waals surface area contributed by atoms with Crippen molar-refractivity contribution in [3.63, 3.8) is 0 Å². The first-order valence-corrected chi connectivity index (χ1v) is 10.5. The summed E-state index contributed by atoms with van der Waals surface area (Å²) in [5, 5.41) is 4.32. The van der Waals surface area contributed by atoms with Crippen molar-refractivity contribution in [3.05, 3.63) is 70.5 Å². The minimum absolute atomic E-state index is 0.0869. The summed E-state index contributed by atoms with van der Waals surface area (Å²) in [6.45, 7) is 4.66. The van der Waals surface area contributed by atoms with E-state index in [1.54, 1.807) is 12.4 Å². The number of fused-ring (bicyclic) bond motifs is 1. The number of aryl methyl sites for hydroxylation is 1. The summed E-state index contributed by atoms with van der Waals surface area (Å²) in [7, 11) is 0. The number of benzene rings is 1. The lowest BCUT2D eigenvalue weighted by molar-refractivity contribution is -0.117. The van der Waals surface area contributed by atoms with E-state index in [0.29, 0.717) is 18.5 Å². The summed E-state index contributed by atoms with van der Waals surface area (Å²) in [4.78, 5) is 34.3. The maximum atomic E-state index is 12.7. The standard InChI is InChI=1S/C24H23N5O2/c1-3-20-15(2)27-23-21(14-26-29(23)24(20)31)18-11-17(12-25-13-18)16-6-8-19(9-7-16)28-10-4-5-22(28)30/h6-9,11-14,27H,3-5,10H2,1-2H3. The molecule has 31 heavy (non-hydrogen) atoms. The van der Waals surface area contributed by atoms with E-state index in [1.165, 1.54) is 4.52 Å². The van der Waals surface area contributed by atoms with E-state index in [4.69, 9.17) is 0 Å². The number of hydrogen-bond acceptors (Lipinski definition) is 4. The zero-order chi connectivity index (χ0) is 21.5. The Morgan fingerprint density at radius 2 is 1.81 bits per heavy atom. The molecular weight excluding hydrogens is 390 g/mol. The number of carbonyl (C=O) groups excluding carboxylic acids is 1. The van der Waals surface area contributed by atoms with Crippen LogP contribution in [0.15, 0.2) is 53.7 Å². The van der Waals surface area contributed by atoms with E-state index < -0.39 is 0 Å². The molecule has 4 heterocycles. The average molecular weight is 413 g/mol. The molecule has 7 nitrogen and oxygen atoms in total. The van der Waals surface area contributed by atoms with E-state index in [1.807, 2.05) is 55.3 Å². The predicted octanol–water partition coefficient (Wildman–Crippen LogP) is 3.75. The third kappa shape index (κ3) is 3.22. The van der Waals surface area contributed by atoms with Crippen LogP contribution in [-0.2, 0) is 11.2 Å². The van der Waals surface area contributed by atoms with E-state index in [2.05, 4.69) is 15.1 Å². The molecule has 1 aliphatic heterocycles. The fraction of sp³-hybridized carbons (Fsp3) is 0.250. The van der Waals surface area contributed by atoms with Crippen molar-refractivity contribution in [1.29, 1.82) is 0 Å². The second-order valence-electron chi connectivity index (χ2n) is 7.86. The van der Waals surface area contributed by atoms with Crippen LogP contribution in [0.25, 0.3) is 27.9 Å². The molecule has 1 fully saturated rings. The Bertz CT molecular complexity index is 1350. The lowest BCUT2D eigenvalue weighted by Crippen LogP contribution is -2.23. The smallest absolute Gasteiger partial charge is 0.277 e. The van der Waals surface area contributed by atoms with Gasteiger partial charge in [0.1, 0.15) is 5.65 Å².